The van der Waals surface area contributed by atoms with Crippen molar-refractivity contribution in [3.63, 3.8) is 0 Å². The van der Waals surface area contributed by atoms with Gasteiger partial charge in [-0.1, -0.05) is 0 Å². The number of carbonyl (C=O) groups excluding carboxylic acids is 1. The molecule has 0 unspecified atom stereocenters. The van der Waals surface area contributed by atoms with E-state index in [0.29, 0.717) is 12.5 Å². The van der Waals surface area contributed by atoms with Crippen molar-refractivity contribution in [2.75, 3.05) is 19.6 Å². The first-order chi connectivity index (χ1) is 9.24. The van der Waals surface area contributed by atoms with Gasteiger partial charge < -0.3 is 15.6 Å². The molecule has 0 radical (unpaired) electrons. The third-order valence-electron chi connectivity index (χ3n) is 4.00. The number of aromatic nitrogens is 1. The highest BCUT2D eigenvalue weighted by atomic mass is 16.2. The van der Waals surface area contributed by atoms with E-state index in [1.54, 1.807) is 6.07 Å². The summed E-state index contributed by atoms with van der Waals surface area (Å²) in [5.41, 5.74) is 2.13. The van der Waals surface area contributed by atoms with E-state index in [1.807, 2.05) is 0 Å². The molecule has 0 bridgehead atoms. The molecule has 2 heterocycles. The molecule has 0 saturated carbocycles. The predicted molar refractivity (Wildman–Crippen MR) is 72.4 cm³/mol. The molecule has 0 atom stereocenters. The third-order valence-corrected chi connectivity index (χ3v) is 4.00. The molecule has 1 aromatic heterocycles. The Labute approximate surface area is 111 Å². The number of fused-ring (bicyclic) bond motifs is 1. The Hall–Kier alpha value is -1.62. The van der Waals surface area contributed by atoms with Gasteiger partial charge in [0, 0.05) is 31.2 Å². The zero-order valence-electron chi connectivity index (χ0n) is 10.9. The van der Waals surface area contributed by atoms with Gasteiger partial charge in [0.2, 0.25) is 0 Å². The second-order valence-electron chi connectivity index (χ2n) is 5.46. The van der Waals surface area contributed by atoms with Crippen LogP contribution in [0.3, 0.4) is 0 Å². The number of hydrogen-bond acceptors (Lipinski definition) is 3. The van der Waals surface area contributed by atoms with Crippen LogP contribution in [0.2, 0.25) is 0 Å². The monoisotopic (exact) mass is 261 g/mol. The standard InChI is InChI=1S/C14H19N3O2/c18-13(16-8-9-6-15-7-9)11-5-10-3-1-2-4-12(10)17-14(11)19/h5,9,15H,1-4,6-8H2,(H,16,18)(H,17,19). The van der Waals surface area contributed by atoms with Crippen molar-refractivity contribution >= 4 is 5.91 Å². The van der Waals surface area contributed by atoms with E-state index in [0.717, 1.165) is 50.0 Å². The van der Waals surface area contributed by atoms with Gasteiger partial charge in [0.15, 0.2) is 0 Å². The van der Waals surface area contributed by atoms with Crippen molar-refractivity contribution in [2.45, 2.75) is 25.7 Å². The zero-order chi connectivity index (χ0) is 13.2. The Morgan fingerprint density at radius 1 is 1.32 bits per heavy atom. The Morgan fingerprint density at radius 3 is 2.84 bits per heavy atom. The molecule has 2 aliphatic rings. The van der Waals surface area contributed by atoms with Gasteiger partial charge >= 0.3 is 0 Å². The maximum absolute atomic E-state index is 12.0. The number of pyridine rings is 1. The van der Waals surface area contributed by atoms with E-state index in [2.05, 4.69) is 15.6 Å². The highest BCUT2D eigenvalue weighted by Crippen LogP contribution is 2.18. The number of aryl methyl sites for hydroxylation is 2. The zero-order valence-corrected chi connectivity index (χ0v) is 10.9. The summed E-state index contributed by atoms with van der Waals surface area (Å²) in [7, 11) is 0. The molecule has 1 amide bonds. The predicted octanol–water partition coefficient (Wildman–Crippen LogP) is 0.203. The van der Waals surface area contributed by atoms with Gasteiger partial charge in [-0.2, -0.15) is 0 Å². The van der Waals surface area contributed by atoms with Crippen molar-refractivity contribution in [1.82, 2.24) is 15.6 Å². The van der Waals surface area contributed by atoms with Crippen LogP contribution < -0.4 is 16.2 Å². The number of amides is 1. The maximum Gasteiger partial charge on any atom is 0.261 e. The molecular weight excluding hydrogens is 242 g/mol. The number of carbonyl (C=O) groups is 1. The fourth-order valence-electron chi connectivity index (χ4n) is 2.67. The van der Waals surface area contributed by atoms with Gasteiger partial charge in [0.25, 0.3) is 11.5 Å². The van der Waals surface area contributed by atoms with Crippen molar-refractivity contribution in [2.24, 2.45) is 5.92 Å². The van der Waals surface area contributed by atoms with E-state index in [-0.39, 0.29) is 17.0 Å². The Kier molecular flexibility index (Phi) is 3.38. The molecule has 1 aliphatic heterocycles. The van der Waals surface area contributed by atoms with Gasteiger partial charge in [-0.25, -0.2) is 0 Å². The van der Waals surface area contributed by atoms with E-state index < -0.39 is 0 Å². The summed E-state index contributed by atoms with van der Waals surface area (Å²) in [6.07, 6.45) is 4.12. The first-order valence-electron chi connectivity index (χ1n) is 6.98. The molecule has 1 aliphatic carbocycles. The Morgan fingerprint density at radius 2 is 2.11 bits per heavy atom. The van der Waals surface area contributed by atoms with Gasteiger partial charge in [0.1, 0.15) is 5.56 Å². The van der Waals surface area contributed by atoms with Crippen LogP contribution in [-0.4, -0.2) is 30.5 Å². The van der Waals surface area contributed by atoms with Crippen LogP contribution in [0.15, 0.2) is 10.9 Å². The SMILES string of the molecule is O=C(NCC1CNC1)c1cc2c([nH]c1=O)CCCC2. The molecular formula is C14H19N3O2. The van der Waals surface area contributed by atoms with Crippen LogP contribution in [0, 0.1) is 5.92 Å². The van der Waals surface area contributed by atoms with Crippen molar-refractivity contribution in [3.05, 3.63) is 33.2 Å². The lowest BCUT2D eigenvalue weighted by Crippen LogP contribution is -2.48. The Balaban J connectivity index is 1.75. The molecule has 1 fully saturated rings. The summed E-state index contributed by atoms with van der Waals surface area (Å²) >= 11 is 0. The van der Waals surface area contributed by atoms with Crippen molar-refractivity contribution in [1.29, 1.82) is 0 Å². The summed E-state index contributed by atoms with van der Waals surface area (Å²) in [4.78, 5) is 26.8. The highest BCUT2D eigenvalue weighted by molar-refractivity contribution is 5.94. The van der Waals surface area contributed by atoms with E-state index in [9.17, 15) is 9.59 Å². The van der Waals surface area contributed by atoms with E-state index in [4.69, 9.17) is 0 Å². The first-order valence-corrected chi connectivity index (χ1v) is 6.98. The lowest BCUT2D eigenvalue weighted by atomic mass is 9.95. The Bertz CT molecular complexity index is 546. The van der Waals surface area contributed by atoms with Crippen molar-refractivity contribution in [3.8, 4) is 0 Å². The number of hydrogen-bond donors (Lipinski definition) is 3. The average molecular weight is 261 g/mol. The van der Waals surface area contributed by atoms with E-state index >= 15 is 0 Å². The largest absolute Gasteiger partial charge is 0.351 e. The number of H-pyrrole nitrogens is 1. The van der Waals surface area contributed by atoms with Crippen LogP contribution in [0.25, 0.3) is 0 Å². The minimum absolute atomic E-state index is 0.249. The number of rotatable bonds is 3. The molecule has 3 rings (SSSR count). The van der Waals surface area contributed by atoms with Crippen LogP contribution >= 0.6 is 0 Å². The topological polar surface area (TPSA) is 74.0 Å². The summed E-state index contributed by atoms with van der Waals surface area (Å²) in [6.45, 7) is 2.53. The van der Waals surface area contributed by atoms with Gasteiger partial charge in [-0.3, -0.25) is 9.59 Å². The van der Waals surface area contributed by atoms with Gasteiger partial charge in [-0.05, 0) is 37.3 Å². The second kappa shape index (κ2) is 5.17. The van der Waals surface area contributed by atoms with E-state index in [1.165, 1.54) is 0 Å². The lowest BCUT2D eigenvalue weighted by Gasteiger charge is -2.27. The molecule has 0 spiro atoms. The van der Waals surface area contributed by atoms with Crippen LogP contribution in [0.5, 0.6) is 0 Å². The van der Waals surface area contributed by atoms with Crippen molar-refractivity contribution < 1.29 is 4.79 Å². The second-order valence-corrected chi connectivity index (χ2v) is 5.46. The highest BCUT2D eigenvalue weighted by Gasteiger charge is 2.20. The molecule has 3 N–H and O–H groups in total. The molecule has 1 aromatic rings. The summed E-state index contributed by atoms with van der Waals surface area (Å²) in [6, 6.07) is 1.78. The lowest BCUT2D eigenvalue weighted by molar-refractivity contribution is 0.0940. The average Bonchev–Trinajstić information content (AvgIpc) is 2.36. The summed E-state index contributed by atoms with van der Waals surface area (Å²) < 4.78 is 0. The quantitative estimate of drug-likeness (QED) is 0.728. The van der Waals surface area contributed by atoms with Gasteiger partial charge in [0.05, 0.1) is 0 Å². The maximum atomic E-state index is 12.0. The van der Waals surface area contributed by atoms with Crippen LogP contribution in [-0.2, 0) is 12.8 Å². The fourth-order valence-corrected chi connectivity index (χ4v) is 2.67. The number of aromatic amines is 1. The fraction of sp³-hybridized carbons (Fsp3) is 0.571. The molecule has 1 saturated heterocycles. The third kappa shape index (κ3) is 2.56. The molecule has 5 nitrogen and oxygen atoms in total. The summed E-state index contributed by atoms with van der Waals surface area (Å²) in [5.74, 6) is 0.252. The smallest absolute Gasteiger partial charge is 0.261 e. The molecule has 19 heavy (non-hydrogen) atoms. The minimum atomic E-state index is -0.259. The summed E-state index contributed by atoms with van der Waals surface area (Å²) in [5, 5.41) is 6.01. The van der Waals surface area contributed by atoms with Crippen LogP contribution in [0.4, 0.5) is 0 Å². The molecule has 102 valence electrons. The molecule has 0 aromatic carbocycles. The normalized spacial score (nSPS) is 18.5. The van der Waals surface area contributed by atoms with Gasteiger partial charge in [-0.15, -0.1) is 0 Å². The number of nitrogens with one attached hydrogen (secondary N) is 3. The van der Waals surface area contributed by atoms with Crippen LogP contribution in [0.1, 0.15) is 34.5 Å². The minimum Gasteiger partial charge on any atom is -0.351 e. The molecule has 5 heteroatoms. The first kappa shape index (κ1) is 12.4.